The molecule has 4 saturated carbocycles. The maximum Gasteiger partial charge on any atom is 0.352 e. The van der Waals surface area contributed by atoms with E-state index in [2.05, 4.69) is 4.98 Å². The summed E-state index contributed by atoms with van der Waals surface area (Å²) in [6.07, 6.45) is 11.5. The van der Waals surface area contributed by atoms with E-state index in [1.54, 1.807) is 0 Å². The molecule has 1 aromatic rings. The molecule has 3 nitrogen and oxygen atoms in total. The van der Waals surface area contributed by atoms with E-state index in [1.165, 1.54) is 44.1 Å². The normalized spacial score (nSPS) is 39.7. The molecule has 0 spiro atoms. The summed E-state index contributed by atoms with van der Waals surface area (Å²) in [6.45, 7) is 0. The fourth-order valence-electron chi connectivity index (χ4n) is 5.60. The molecule has 1 heterocycles. The average molecular weight is 259 g/mol. The Morgan fingerprint density at radius 1 is 1.21 bits per heavy atom. The van der Waals surface area contributed by atoms with Crippen LogP contribution in [-0.2, 0) is 6.42 Å². The number of aromatic nitrogens is 1. The Hall–Kier alpha value is -1.25. The topological polar surface area (TPSA) is 53.1 Å². The Labute approximate surface area is 113 Å². The molecule has 0 radical (unpaired) electrons. The Balaban J connectivity index is 1.57. The first-order valence-corrected chi connectivity index (χ1v) is 7.52. The predicted molar refractivity (Wildman–Crippen MR) is 72.1 cm³/mol. The lowest BCUT2D eigenvalue weighted by atomic mass is 9.48. The molecule has 102 valence electrons. The van der Waals surface area contributed by atoms with Crippen LogP contribution in [-0.4, -0.2) is 16.1 Å². The Morgan fingerprint density at radius 3 is 2.26 bits per heavy atom. The first-order chi connectivity index (χ1) is 9.12. The summed E-state index contributed by atoms with van der Waals surface area (Å²) in [4.78, 5) is 13.8. The van der Waals surface area contributed by atoms with Gasteiger partial charge in [0, 0.05) is 6.20 Å². The summed E-state index contributed by atoms with van der Waals surface area (Å²) in [6, 6.07) is 1.83. The molecular formula is C16H21NO2. The third kappa shape index (κ3) is 1.90. The standard InChI is InChI=1S/C16H21NO2/c18-15(19)14-4-13(9-17-14)8-16-5-10-1-11(6-16)3-12(2-10)7-16/h4,9-12,17H,1-3,5-8H2,(H,18,19). The third-order valence-electron chi connectivity index (χ3n) is 5.72. The second kappa shape index (κ2) is 3.87. The number of carbonyl (C=O) groups is 1. The highest BCUT2D eigenvalue weighted by Crippen LogP contribution is 2.61. The van der Waals surface area contributed by atoms with Crippen molar-refractivity contribution in [2.24, 2.45) is 23.2 Å². The van der Waals surface area contributed by atoms with E-state index in [1.807, 2.05) is 12.3 Å². The van der Waals surface area contributed by atoms with E-state index in [9.17, 15) is 4.79 Å². The molecule has 0 aromatic carbocycles. The first-order valence-electron chi connectivity index (χ1n) is 7.52. The highest BCUT2D eigenvalue weighted by Gasteiger charge is 2.50. The van der Waals surface area contributed by atoms with Gasteiger partial charge in [-0.2, -0.15) is 0 Å². The van der Waals surface area contributed by atoms with Crippen LogP contribution < -0.4 is 0 Å². The molecule has 0 amide bonds. The van der Waals surface area contributed by atoms with E-state index >= 15 is 0 Å². The predicted octanol–water partition coefficient (Wildman–Crippen LogP) is 3.47. The SMILES string of the molecule is O=C(O)c1cc(CC23CC4CC(CC(C4)C2)C3)c[nH]1. The highest BCUT2D eigenvalue weighted by atomic mass is 16.4. The number of aromatic carboxylic acids is 1. The van der Waals surface area contributed by atoms with Gasteiger partial charge in [0.2, 0.25) is 0 Å². The van der Waals surface area contributed by atoms with Crippen molar-refractivity contribution in [2.45, 2.75) is 44.9 Å². The largest absolute Gasteiger partial charge is 0.477 e. The van der Waals surface area contributed by atoms with Gasteiger partial charge in [-0.1, -0.05) is 0 Å². The molecular weight excluding hydrogens is 238 g/mol. The molecule has 4 aliphatic carbocycles. The van der Waals surface area contributed by atoms with Gasteiger partial charge in [-0.15, -0.1) is 0 Å². The van der Waals surface area contributed by atoms with Gasteiger partial charge in [0.05, 0.1) is 0 Å². The number of carboxylic acids is 1. The smallest absolute Gasteiger partial charge is 0.352 e. The van der Waals surface area contributed by atoms with Crippen molar-refractivity contribution in [3.8, 4) is 0 Å². The molecule has 0 atom stereocenters. The van der Waals surface area contributed by atoms with Gasteiger partial charge >= 0.3 is 5.97 Å². The summed E-state index contributed by atoms with van der Waals surface area (Å²) >= 11 is 0. The Morgan fingerprint density at radius 2 is 1.79 bits per heavy atom. The molecule has 1 aromatic heterocycles. The van der Waals surface area contributed by atoms with Crippen LogP contribution in [0, 0.1) is 23.2 Å². The van der Waals surface area contributed by atoms with Crippen LogP contribution in [0.25, 0.3) is 0 Å². The van der Waals surface area contributed by atoms with Crippen LogP contribution >= 0.6 is 0 Å². The van der Waals surface area contributed by atoms with Crippen LogP contribution in [0.3, 0.4) is 0 Å². The van der Waals surface area contributed by atoms with Gasteiger partial charge in [-0.05, 0) is 79.7 Å². The zero-order chi connectivity index (χ0) is 13.0. The molecule has 4 bridgehead atoms. The zero-order valence-corrected chi connectivity index (χ0v) is 11.2. The van der Waals surface area contributed by atoms with Crippen molar-refractivity contribution in [2.75, 3.05) is 0 Å². The van der Waals surface area contributed by atoms with E-state index in [0.29, 0.717) is 11.1 Å². The first kappa shape index (κ1) is 11.6. The maximum absolute atomic E-state index is 10.9. The minimum absolute atomic E-state index is 0.333. The van der Waals surface area contributed by atoms with Crippen LogP contribution in [0.1, 0.15) is 54.6 Å². The Kier molecular flexibility index (Phi) is 2.36. The van der Waals surface area contributed by atoms with E-state index < -0.39 is 5.97 Å². The number of rotatable bonds is 3. The zero-order valence-electron chi connectivity index (χ0n) is 11.2. The molecule has 2 N–H and O–H groups in total. The summed E-state index contributed by atoms with van der Waals surface area (Å²) in [7, 11) is 0. The molecule has 19 heavy (non-hydrogen) atoms. The van der Waals surface area contributed by atoms with Crippen molar-refractivity contribution in [1.82, 2.24) is 4.98 Å². The summed E-state index contributed by atoms with van der Waals surface area (Å²) in [5.74, 6) is 2.04. The van der Waals surface area contributed by atoms with Gasteiger partial charge in [0.15, 0.2) is 0 Å². The molecule has 3 heteroatoms. The van der Waals surface area contributed by atoms with Crippen LogP contribution in [0.4, 0.5) is 0 Å². The van der Waals surface area contributed by atoms with Crippen molar-refractivity contribution in [1.29, 1.82) is 0 Å². The lowest BCUT2D eigenvalue weighted by molar-refractivity contribution is -0.0521. The average Bonchev–Trinajstić information content (AvgIpc) is 2.74. The van der Waals surface area contributed by atoms with Crippen molar-refractivity contribution in [3.05, 3.63) is 23.5 Å². The fourth-order valence-corrected chi connectivity index (χ4v) is 5.60. The number of hydrogen-bond donors (Lipinski definition) is 2. The molecule has 0 saturated heterocycles. The van der Waals surface area contributed by atoms with E-state index in [-0.39, 0.29) is 0 Å². The monoisotopic (exact) mass is 259 g/mol. The lowest BCUT2D eigenvalue weighted by Gasteiger charge is -2.57. The lowest BCUT2D eigenvalue weighted by Crippen LogP contribution is -2.46. The third-order valence-corrected chi connectivity index (χ3v) is 5.72. The minimum Gasteiger partial charge on any atom is -0.477 e. The van der Waals surface area contributed by atoms with Crippen molar-refractivity contribution < 1.29 is 9.90 Å². The summed E-state index contributed by atoms with van der Waals surface area (Å²) in [5.41, 5.74) is 2.02. The van der Waals surface area contributed by atoms with E-state index in [0.717, 1.165) is 24.2 Å². The quantitative estimate of drug-likeness (QED) is 0.873. The number of hydrogen-bond acceptors (Lipinski definition) is 1. The van der Waals surface area contributed by atoms with Crippen molar-refractivity contribution in [3.63, 3.8) is 0 Å². The fraction of sp³-hybridized carbons (Fsp3) is 0.688. The second-order valence-electron chi connectivity index (χ2n) is 7.32. The van der Waals surface area contributed by atoms with Gasteiger partial charge in [0.25, 0.3) is 0 Å². The number of H-pyrrole nitrogens is 1. The van der Waals surface area contributed by atoms with Crippen LogP contribution in [0.15, 0.2) is 12.3 Å². The van der Waals surface area contributed by atoms with Gasteiger partial charge in [-0.3, -0.25) is 0 Å². The number of aromatic amines is 1. The molecule has 0 unspecified atom stereocenters. The highest BCUT2D eigenvalue weighted by molar-refractivity contribution is 5.85. The Bertz CT molecular complexity index is 481. The van der Waals surface area contributed by atoms with Crippen LogP contribution in [0.5, 0.6) is 0 Å². The van der Waals surface area contributed by atoms with E-state index in [4.69, 9.17) is 5.11 Å². The number of carboxylic acid groups (broad SMARTS) is 1. The molecule has 5 rings (SSSR count). The maximum atomic E-state index is 10.9. The summed E-state index contributed by atoms with van der Waals surface area (Å²) in [5, 5.41) is 9.00. The van der Waals surface area contributed by atoms with Crippen LogP contribution in [0.2, 0.25) is 0 Å². The molecule has 4 fully saturated rings. The molecule has 4 aliphatic rings. The van der Waals surface area contributed by atoms with Gasteiger partial charge in [0.1, 0.15) is 5.69 Å². The summed E-state index contributed by atoms with van der Waals surface area (Å²) < 4.78 is 0. The van der Waals surface area contributed by atoms with Gasteiger partial charge < -0.3 is 10.1 Å². The van der Waals surface area contributed by atoms with Crippen molar-refractivity contribution >= 4 is 5.97 Å². The number of nitrogens with one attached hydrogen (secondary N) is 1. The molecule has 0 aliphatic heterocycles. The minimum atomic E-state index is -0.850. The second-order valence-corrected chi connectivity index (χ2v) is 7.32. The van der Waals surface area contributed by atoms with Gasteiger partial charge in [-0.25, -0.2) is 4.79 Å².